The molecule has 0 bridgehead atoms. The second-order valence-electron chi connectivity index (χ2n) is 4.14. The number of hydrogen-bond donors (Lipinski definition) is 0. The Morgan fingerprint density at radius 3 is 2.78 bits per heavy atom. The third-order valence-electron chi connectivity index (χ3n) is 2.86. The van der Waals surface area contributed by atoms with E-state index in [2.05, 4.69) is 4.98 Å². The smallest absolute Gasteiger partial charge is 0.370 e. The van der Waals surface area contributed by atoms with Crippen molar-refractivity contribution in [1.29, 1.82) is 0 Å². The minimum absolute atomic E-state index is 0.406. The fourth-order valence-corrected chi connectivity index (χ4v) is 1.96. The third kappa shape index (κ3) is 2.69. The molecular formula is C12H12F3NO2. The number of Topliss-reactive ketones (excluding diaryl/α,β-unsaturated/α-hetero) is 1. The molecular weight excluding hydrogens is 247 g/mol. The summed E-state index contributed by atoms with van der Waals surface area (Å²) in [5.74, 6) is -0.630. The molecule has 98 valence electrons. The van der Waals surface area contributed by atoms with Crippen LogP contribution in [0.25, 0.3) is 0 Å². The largest absolute Gasteiger partial charge is 0.417 e. The standard InChI is InChI=1S/C12H12F3NO2/c13-12(14,15)9-4-5-16-7-8(9)11(17)10-3-1-2-6-18-10/h4-5,7,10H,1-3,6H2. The van der Waals surface area contributed by atoms with Gasteiger partial charge >= 0.3 is 6.18 Å². The van der Waals surface area contributed by atoms with Gasteiger partial charge in [0, 0.05) is 19.0 Å². The van der Waals surface area contributed by atoms with Gasteiger partial charge in [0.2, 0.25) is 0 Å². The summed E-state index contributed by atoms with van der Waals surface area (Å²) < 4.78 is 43.5. The molecule has 0 radical (unpaired) electrons. The van der Waals surface area contributed by atoms with Crippen LogP contribution in [0.3, 0.4) is 0 Å². The van der Waals surface area contributed by atoms with Crippen molar-refractivity contribution in [2.45, 2.75) is 31.5 Å². The number of nitrogens with zero attached hydrogens (tertiary/aromatic N) is 1. The van der Waals surface area contributed by atoms with Crippen LogP contribution in [-0.2, 0) is 10.9 Å². The summed E-state index contributed by atoms with van der Waals surface area (Å²) in [7, 11) is 0. The van der Waals surface area contributed by atoms with Crippen LogP contribution in [0.15, 0.2) is 18.5 Å². The van der Waals surface area contributed by atoms with Gasteiger partial charge in [-0.1, -0.05) is 0 Å². The number of alkyl halides is 3. The number of hydrogen-bond acceptors (Lipinski definition) is 3. The van der Waals surface area contributed by atoms with Gasteiger partial charge in [-0.15, -0.1) is 0 Å². The van der Waals surface area contributed by atoms with Gasteiger partial charge in [0.05, 0.1) is 11.1 Å². The number of rotatable bonds is 2. The van der Waals surface area contributed by atoms with Crippen molar-refractivity contribution in [3.63, 3.8) is 0 Å². The highest BCUT2D eigenvalue weighted by Gasteiger charge is 2.37. The van der Waals surface area contributed by atoms with Crippen LogP contribution >= 0.6 is 0 Å². The van der Waals surface area contributed by atoms with Crippen LogP contribution < -0.4 is 0 Å². The van der Waals surface area contributed by atoms with E-state index in [-0.39, 0.29) is 0 Å². The van der Waals surface area contributed by atoms with E-state index in [4.69, 9.17) is 4.74 Å². The second-order valence-corrected chi connectivity index (χ2v) is 4.14. The van der Waals surface area contributed by atoms with E-state index >= 15 is 0 Å². The first-order valence-corrected chi connectivity index (χ1v) is 5.67. The lowest BCUT2D eigenvalue weighted by Crippen LogP contribution is -2.30. The Morgan fingerprint density at radius 1 is 1.39 bits per heavy atom. The summed E-state index contributed by atoms with van der Waals surface area (Å²) in [5, 5.41) is 0. The van der Waals surface area contributed by atoms with E-state index in [9.17, 15) is 18.0 Å². The molecule has 2 rings (SSSR count). The number of ether oxygens (including phenoxy) is 1. The minimum Gasteiger partial charge on any atom is -0.370 e. The highest BCUT2D eigenvalue weighted by Crippen LogP contribution is 2.32. The van der Waals surface area contributed by atoms with Gasteiger partial charge in [-0.2, -0.15) is 13.2 Å². The molecule has 0 N–H and O–H groups in total. The molecule has 1 atom stereocenters. The molecule has 0 aliphatic carbocycles. The molecule has 3 nitrogen and oxygen atoms in total. The Hall–Kier alpha value is -1.43. The molecule has 1 saturated heterocycles. The van der Waals surface area contributed by atoms with E-state index < -0.39 is 29.2 Å². The zero-order valence-corrected chi connectivity index (χ0v) is 9.54. The van der Waals surface area contributed by atoms with E-state index in [0.717, 1.165) is 31.3 Å². The first-order valence-electron chi connectivity index (χ1n) is 5.67. The maximum atomic E-state index is 12.8. The normalized spacial score (nSPS) is 20.7. The predicted molar refractivity (Wildman–Crippen MR) is 57.2 cm³/mol. The topological polar surface area (TPSA) is 39.2 Å². The quantitative estimate of drug-likeness (QED) is 0.766. The lowest BCUT2D eigenvalue weighted by atomic mass is 9.97. The first-order chi connectivity index (χ1) is 8.50. The number of carbonyl (C=O) groups excluding carboxylic acids is 1. The highest BCUT2D eigenvalue weighted by atomic mass is 19.4. The lowest BCUT2D eigenvalue weighted by Gasteiger charge is -2.22. The number of halogens is 3. The van der Waals surface area contributed by atoms with Crippen LogP contribution in [0.1, 0.15) is 35.2 Å². The molecule has 0 amide bonds. The molecule has 0 spiro atoms. The molecule has 0 saturated carbocycles. The van der Waals surface area contributed by atoms with E-state index in [1.807, 2.05) is 0 Å². The molecule has 2 heterocycles. The number of aromatic nitrogens is 1. The summed E-state index contributed by atoms with van der Waals surface area (Å²) in [5.41, 5.74) is -1.35. The van der Waals surface area contributed by atoms with Crippen molar-refractivity contribution in [3.05, 3.63) is 29.6 Å². The van der Waals surface area contributed by atoms with E-state index in [1.165, 1.54) is 0 Å². The molecule has 6 heteroatoms. The fourth-order valence-electron chi connectivity index (χ4n) is 1.96. The summed E-state index contributed by atoms with van der Waals surface area (Å²) in [6.07, 6.45) is -1.25. The van der Waals surface area contributed by atoms with Crippen molar-refractivity contribution >= 4 is 5.78 Å². The Bertz CT molecular complexity index is 439. The van der Waals surface area contributed by atoms with Gasteiger partial charge in [-0.05, 0) is 25.3 Å². The number of ketones is 1. The zero-order valence-electron chi connectivity index (χ0n) is 9.54. The highest BCUT2D eigenvalue weighted by molar-refractivity contribution is 6.00. The average Bonchev–Trinajstić information content (AvgIpc) is 2.38. The summed E-state index contributed by atoms with van der Waals surface area (Å²) >= 11 is 0. The zero-order chi connectivity index (χ0) is 13.2. The van der Waals surface area contributed by atoms with Crippen molar-refractivity contribution in [2.24, 2.45) is 0 Å². The lowest BCUT2D eigenvalue weighted by molar-refractivity contribution is -0.138. The Balaban J connectivity index is 2.30. The molecule has 1 fully saturated rings. The Kier molecular flexibility index (Phi) is 3.65. The number of pyridine rings is 1. The van der Waals surface area contributed by atoms with Crippen molar-refractivity contribution in [1.82, 2.24) is 4.98 Å². The Labute approximate surface area is 102 Å². The van der Waals surface area contributed by atoms with Gasteiger partial charge in [0.25, 0.3) is 0 Å². The van der Waals surface area contributed by atoms with Crippen LogP contribution in [0, 0.1) is 0 Å². The molecule has 1 aromatic heterocycles. The second kappa shape index (κ2) is 5.06. The van der Waals surface area contributed by atoms with Crippen LogP contribution in [-0.4, -0.2) is 23.5 Å². The monoisotopic (exact) mass is 259 g/mol. The van der Waals surface area contributed by atoms with Gasteiger partial charge in [0.1, 0.15) is 6.10 Å². The van der Waals surface area contributed by atoms with Gasteiger partial charge < -0.3 is 4.74 Å². The van der Waals surface area contributed by atoms with Gasteiger partial charge in [-0.3, -0.25) is 9.78 Å². The van der Waals surface area contributed by atoms with E-state index in [0.29, 0.717) is 13.0 Å². The molecule has 0 aromatic carbocycles. The molecule has 18 heavy (non-hydrogen) atoms. The summed E-state index contributed by atoms with van der Waals surface area (Å²) in [6, 6.07) is 0.816. The summed E-state index contributed by atoms with van der Waals surface area (Å²) in [4.78, 5) is 15.6. The van der Waals surface area contributed by atoms with E-state index in [1.54, 1.807) is 0 Å². The number of carbonyl (C=O) groups is 1. The first kappa shape index (κ1) is 13.0. The van der Waals surface area contributed by atoms with Gasteiger partial charge in [-0.25, -0.2) is 0 Å². The maximum Gasteiger partial charge on any atom is 0.417 e. The third-order valence-corrected chi connectivity index (χ3v) is 2.86. The SMILES string of the molecule is O=C(c1cnccc1C(F)(F)F)C1CCCCO1. The predicted octanol–water partition coefficient (Wildman–Crippen LogP) is 2.85. The van der Waals surface area contributed by atoms with Gasteiger partial charge in [0.15, 0.2) is 5.78 Å². The average molecular weight is 259 g/mol. The minimum atomic E-state index is -4.55. The molecule has 1 aliphatic heterocycles. The molecule has 1 unspecified atom stereocenters. The summed E-state index contributed by atoms with van der Waals surface area (Å²) in [6.45, 7) is 0.415. The fraction of sp³-hybridized carbons (Fsp3) is 0.500. The van der Waals surface area contributed by atoms with Crippen LogP contribution in [0.5, 0.6) is 0 Å². The Morgan fingerprint density at radius 2 is 2.17 bits per heavy atom. The van der Waals surface area contributed by atoms with Crippen molar-refractivity contribution < 1.29 is 22.7 Å². The molecule has 1 aliphatic rings. The van der Waals surface area contributed by atoms with Crippen molar-refractivity contribution in [3.8, 4) is 0 Å². The van der Waals surface area contributed by atoms with Crippen LogP contribution in [0.4, 0.5) is 13.2 Å². The van der Waals surface area contributed by atoms with Crippen LogP contribution in [0.2, 0.25) is 0 Å². The molecule has 1 aromatic rings. The maximum absolute atomic E-state index is 12.8. The van der Waals surface area contributed by atoms with Crippen molar-refractivity contribution in [2.75, 3.05) is 6.61 Å².